The largest absolute Gasteiger partial charge is 0.488 e. The number of rotatable bonds is 7. The maximum atomic E-state index is 11.8. The lowest BCUT2D eigenvalue weighted by Gasteiger charge is -2.11. The van der Waals surface area contributed by atoms with Gasteiger partial charge < -0.3 is 14.8 Å². The highest BCUT2D eigenvalue weighted by molar-refractivity contribution is 5.93. The molecule has 2 aromatic rings. The Bertz CT molecular complexity index is 631. The molecule has 0 saturated carbocycles. The first kappa shape index (κ1) is 15.1. The Kier molecular flexibility index (Phi) is 5.35. The van der Waals surface area contributed by atoms with Crippen molar-refractivity contribution in [3.8, 4) is 5.75 Å². The number of amides is 1. The van der Waals surface area contributed by atoms with Crippen LogP contribution in [0.5, 0.6) is 5.75 Å². The zero-order valence-corrected chi connectivity index (χ0v) is 12.1. The minimum atomic E-state index is -0.215. The van der Waals surface area contributed by atoms with Crippen LogP contribution in [0.2, 0.25) is 0 Å². The maximum absolute atomic E-state index is 11.8. The summed E-state index contributed by atoms with van der Waals surface area (Å²) < 4.78 is 10.6. The molecule has 0 aliphatic carbocycles. The van der Waals surface area contributed by atoms with Gasteiger partial charge in [-0.3, -0.25) is 4.79 Å². The summed E-state index contributed by atoms with van der Waals surface area (Å²) in [6.07, 6.45) is 0. The average molecular weight is 285 g/mol. The predicted octanol–water partition coefficient (Wildman–Crippen LogP) is 2.54. The number of fused-ring (bicyclic) bond motifs is 1. The molecule has 0 saturated heterocycles. The van der Waals surface area contributed by atoms with E-state index in [-0.39, 0.29) is 12.5 Å². The van der Waals surface area contributed by atoms with Gasteiger partial charge >= 0.3 is 0 Å². The van der Waals surface area contributed by atoms with Crippen molar-refractivity contribution in [1.29, 1.82) is 0 Å². The summed E-state index contributed by atoms with van der Waals surface area (Å²) in [5.74, 6) is 0.534. The van der Waals surface area contributed by atoms with Crippen LogP contribution in [-0.4, -0.2) is 32.8 Å². The number of ether oxygens (including phenoxy) is 2. The molecule has 4 nitrogen and oxygen atoms in total. The van der Waals surface area contributed by atoms with Crippen LogP contribution >= 0.6 is 0 Å². The molecule has 0 unspecified atom stereocenters. The fourth-order valence-electron chi connectivity index (χ4n) is 1.94. The molecule has 1 amide bonds. The summed E-state index contributed by atoms with van der Waals surface area (Å²) in [5, 5.41) is 4.84. The van der Waals surface area contributed by atoms with E-state index in [9.17, 15) is 4.79 Å². The van der Waals surface area contributed by atoms with Crippen molar-refractivity contribution in [3.05, 3.63) is 54.6 Å². The van der Waals surface area contributed by atoms with Crippen LogP contribution in [0.4, 0.5) is 0 Å². The third kappa shape index (κ3) is 4.07. The highest BCUT2D eigenvalue weighted by Gasteiger charge is 2.08. The molecule has 0 aromatic heterocycles. The van der Waals surface area contributed by atoms with E-state index >= 15 is 0 Å². The van der Waals surface area contributed by atoms with E-state index in [0.29, 0.717) is 18.7 Å². The van der Waals surface area contributed by atoms with E-state index in [0.717, 1.165) is 16.5 Å². The van der Waals surface area contributed by atoms with E-state index in [1.54, 1.807) is 7.11 Å². The predicted molar refractivity (Wildman–Crippen MR) is 83.5 cm³/mol. The van der Waals surface area contributed by atoms with Gasteiger partial charge in [0.15, 0.2) is 0 Å². The average Bonchev–Trinajstić information content (AvgIpc) is 2.52. The van der Waals surface area contributed by atoms with Crippen molar-refractivity contribution >= 4 is 16.7 Å². The number of hydrogen-bond donors (Lipinski definition) is 1. The van der Waals surface area contributed by atoms with Crippen molar-refractivity contribution < 1.29 is 14.3 Å². The van der Waals surface area contributed by atoms with E-state index in [2.05, 4.69) is 11.9 Å². The molecule has 4 heteroatoms. The lowest BCUT2D eigenvalue weighted by molar-refractivity contribution is -0.118. The van der Waals surface area contributed by atoms with E-state index in [1.165, 1.54) is 0 Å². The molecule has 21 heavy (non-hydrogen) atoms. The fourth-order valence-corrected chi connectivity index (χ4v) is 1.94. The van der Waals surface area contributed by atoms with Gasteiger partial charge in [-0.1, -0.05) is 43.0 Å². The summed E-state index contributed by atoms with van der Waals surface area (Å²) in [5.41, 5.74) is 0.388. The second-order valence-corrected chi connectivity index (χ2v) is 4.62. The third-order valence-electron chi connectivity index (χ3n) is 3.06. The van der Waals surface area contributed by atoms with Gasteiger partial charge in [0, 0.05) is 24.6 Å². The van der Waals surface area contributed by atoms with Crippen LogP contribution < -0.4 is 10.1 Å². The first-order valence-electron chi connectivity index (χ1n) is 6.78. The lowest BCUT2D eigenvalue weighted by atomic mass is 10.1. The molecule has 0 aliphatic rings. The van der Waals surface area contributed by atoms with Gasteiger partial charge in [0.2, 0.25) is 5.91 Å². The summed E-state index contributed by atoms with van der Waals surface area (Å²) in [6, 6.07) is 13.8. The Balaban J connectivity index is 1.95. The number of nitrogens with one attached hydrogen (secondary N) is 1. The quantitative estimate of drug-likeness (QED) is 0.628. The van der Waals surface area contributed by atoms with Crippen molar-refractivity contribution in [2.24, 2.45) is 0 Å². The van der Waals surface area contributed by atoms with Crippen molar-refractivity contribution in [2.45, 2.75) is 0 Å². The molecule has 0 atom stereocenters. The second kappa shape index (κ2) is 7.45. The van der Waals surface area contributed by atoms with E-state index in [1.807, 2.05) is 42.5 Å². The minimum Gasteiger partial charge on any atom is -0.488 e. The number of hydrogen-bond acceptors (Lipinski definition) is 3. The number of benzene rings is 2. The van der Waals surface area contributed by atoms with Crippen LogP contribution in [0.15, 0.2) is 54.6 Å². The van der Waals surface area contributed by atoms with Gasteiger partial charge in [-0.25, -0.2) is 0 Å². The highest BCUT2D eigenvalue weighted by Crippen LogP contribution is 2.25. The van der Waals surface area contributed by atoms with Crippen molar-refractivity contribution in [2.75, 3.05) is 26.9 Å². The summed E-state index contributed by atoms with van der Waals surface area (Å²) in [6.45, 7) is 4.85. The number of methoxy groups -OCH3 is 1. The second-order valence-electron chi connectivity index (χ2n) is 4.62. The summed E-state index contributed by atoms with van der Waals surface area (Å²) >= 11 is 0. The van der Waals surface area contributed by atoms with Gasteiger partial charge in [0.05, 0.1) is 6.61 Å². The standard InChI is InChI=1S/C17H19NO3/c1-13(17(19)18-10-11-20-2)12-21-16-9-5-7-14-6-3-4-8-15(14)16/h3-9H,1,10-12H2,2H3,(H,18,19). The lowest BCUT2D eigenvalue weighted by Crippen LogP contribution is -2.29. The molecule has 0 aliphatic heterocycles. The summed E-state index contributed by atoms with van der Waals surface area (Å²) in [7, 11) is 1.59. The van der Waals surface area contributed by atoms with Gasteiger partial charge in [0.1, 0.15) is 12.4 Å². The van der Waals surface area contributed by atoms with Gasteiger partial charge in [-0.2, -0.15) is 0 Å². The normalized spacial score (nSPS) is 10.3. The molecule has 0 heterocycles. The number of carbonyl (C=O) groups is 1. The Labute approximate surface area is 124 Å². The molecule has 0 bridgehead atoms. The highest BCUT2D eigenvalue weighted by atomic mass is 16.5. The van der Waals surface area contributed by atoms with E-state index in [4.69, 9.17) is 9.47 Å². The smallest absolute Gasteiger partial charge is 0.250 e. The van der Waals surface area contributed by atoms with Crippen LogP contribution in [0, 0.1) is 0 Å². The third-order valence-corrected chi connectivity index (χ3v) is 3.06. The first-order valence-corrected chi connectivity index (χ1v) is 6.78. The summed E-state index contributed by atoms with van der Waals surface area (Å²) in [4.78, 5) is 11.8. The van der Waals surface area contributed by atoms with E-state index < -0.39 is 0 Å². The zero-order chi connectivity index (χ0) is 15.1. The SMILES string of the molecule is C=C(COc1cccc2ccccc12)C(=O)NCCOC. The van der Waals surface area contributed by atoms with Gasteiger partial charge in [0.25, 0.3) is 0 Å². The molecule has 0 radical (unpaired) electrons. The Morgan fingerprint density at radius 3 is 2.76 bits per heavy atom. The maximum Gasteiger partial charge on any atom is 0.250 e. The topological polar surface area (TPSA) is 47.6 Å². The van der Waals surface area contributed by atoms with Crippen LogP contribution in [0.3, 0.4) is 0 Å². The monoisotopic (exact) mass is 285 g/mol. The Morgan fingerprint density at radius 2 is 1.95 bits per heavy atom. The number of carbonyl (C=O) groups excluding carboxylic acids is 1. The van der Waals surface area contributed by atoms with Crippen LogP contribution in [-0.2, 0) is 9.53 Å². The first-order chi connectivity index (χ1) is 10.2. The van der Waals surface area contributed by atoms with Gasteiger partial charge in [-0.05, 0) is 11.5 Å². The fraction of sp³-hybridized carbons (Fsp3) is 0.235. The molecule has 0 spiro atoms. The van der Waals surface area contributed by atoms with Crippen molar-refractivity contribution in [1.82, 2.24) is 5.32 Å². The molecule has 110 valence electrons. The van der Waals surface area contributed by atoms with Gasteiger partial charge in [-0.15, -0.1) is 0 Å². The molecular weight excluding hydrogens is 266 g/mol. The van der Waals surface area contributed by atoms with Crippen LogP contribution in [0.25, 0.3) is 10.8 Å². The molecule has 2 rings (SSSR count). The molecule has 0 fully saturated rings. The minimum absolute atomic E-state index is 0.160. The zero-order valence-electron chi connectivity index (χ0n) is 12.1. The van der Waals surface area contributed by atoms with Crippen LogP contribution in [0.1, 0.15) is 0 Å². The Hall–Kier alpha value is -2.33. The molecule has 2 aromatic carbocycles. The molecule has 1 N–H and O–H groups in total. The molecular formula is C17H19NO3. The van der Waals surface area contributed by atoms with Crippen molar-refractivity contribution in [3.63, 3.8) is 0 Å². The Morgan fingerprint density at radius 1 is 1.19 bits per heavy atom.